The molecular formula is C15H17N5OS2. The number of fused-ring (bicyclic) bond motifs is 3. The molecule has 2 N–H and O–H groups in total. The largest absolute Gasteiger partial charge is 0.309 e. The Morgan fingerprint density at radius 3 is 2.91 bits per heavy atom. The molecule has 0 fully saturated rings. The monoisotopic (exact) mass is 347 g/mol. The number of aryl methyl sites for hydroxylation is 3. The second-order valence-corrected chi connectivity index (χ2v) is 7.64. The fourth-order valence-corrected chi connectivity index (χ4v) is 4.88. The molecule has 3 aromatic heterocycles. The van der Waals surface area contributed by atoms with Crippen LogP contribution in [0.4, 0.5) is 0 Å². The average Bonchev–Trinajstić information content (AvgIpc) is 3.16. The molecular weight excluding hydrogens is 330 g/mol. The van der Waals surface area contributed by atoms with Gasteiger partial charge in [-0.3, -0.25) is 9.89 Å². The second-order valence-electron chi connectivity index (χ2n) is 5.61. The van der Waals surface area contributed by atoms with Crippen LogP contribution in [-0.4, -0.2) is 25.1 Å². The highest BCUT2D eigenvalue weighted by molar-refractivity contribution is 7.98. The molecule has 0 spiro atoms. The third kappa shape index (κ3) is 2.81. The SMILES string of the molecule is CCc1nc(SCc2nc3sc4c(c3c(=O)[nH]2)CCCC4)n[nH]1. The average molecular weight is 347 g/mol. The normalized spacial score (nSPS) is 14.3. The number of aromatic amines is 2. The zero-order valence-electron chi connectivity index (χ0n) is 12.8. The Kier molecular flexibility index (Phi) is 3.94. The van der Waals surface area contributed by atoms with Gasteiger partial charge in [0.2, 0.25) is 5.16 Å². The predicted molar refractivity (Wildman–Crippen MR) is 92.2 cm³/mol. The Labute approximate surface area is 141 Å². The van der Waals surface area contributed by atoms with Crippen molar-refractivity contribution >= 4 is 33.3 Å². The van der Waals surface area contributed by atoms with Crippen molar-refractivity contribution < 1.29 is 0 Å². The van der Waals surface area contributed by atoms with Gasteiger partial charge in [-0.1, -0.05) is 18.7 Å². The minimum absolute atomic E-state index is 0.00534. The number of aromatic nitrogens is 5. The van der Waals surface area contributed by atoms with Crippen molar-refractivity contribution in [1.82, 2.24) is 25.1 Å². The predicted octanol–water partition coefficient (Wildman–Crippen LogP) is 2.84. The molecule has 3 aromatic rings. The Balaban J connectivity index is 1.62. The minimum atomic E-state index is -0.00534. The van der Waals surface area contributed by atoms with Crippen molar-refractivity contribution in [3.8, 4) is 0 Å². The third-order valence-electron chi connectivity index (χ3n) is 4.06. The Morgan fingerprint density at radius 2 is 2.09 bits per heavy atom. The van der Waals surface area contributed by atoms with Gasteiger partial charge in [0, 0.05) is 11.3 Å². The Morgan fingerprint density at radius 1 is 1.22 bits per heavy atom. The van der Waals surface area contributed by atoms with E-state index >= 15 is 0 Å². The van der Waals surface area contributed by atoms with Crippen molar-refractivity contribution in [1.29, 1.82) is 0 Å². The number of thiophene rings is 1. The first-order valence-electron chi connectivity index (χ1n) is 7.82. The van der Waals surface area contributed by atoms with E-state index < -0.39 is 0 Å². The van der Waals surface area contributed by atoms with E-state index in [0.29, 0.717) is 16.7 Å². The van der Waals surface area contributed by atoms with Gasteiger partial charge >= 0.3 is 0 Å². The molecule has 0 radical (unpaired) electrons. The molecule has 120 valence electrons. The zero-order chi connectivity index (χ0) is 15.8. The number of H-pyrrole nitrogens is 2. The molecule has 0 atom stereocenters. The van der Waals surface area contributed by atoms with E-state index in [4.69, 9.17) is 0 Å². The summed E-state index contributed by atoms with van der Waals surface area (Å²) in [5.74, 6) is 2.12. The van der Waals surface area contributed by atoms with E-state index in [1.165, 1.54) is 35.0 Å². The summed E-state index contributed by atoms with van der Waals surface area (Å²) in [4.78, 5) is 26.6. The molecule has 1 aliphatic rings. The van der Waals surface area contributed by atoms with Crippen LogP contribution in [0.15, 0.2) is 9.95 Å². The van der Waals surface area contributed by atoms with Crippen LogP contribution in [0.25, 0.3) is 10.2 Å². The molecule has 1 aliphatic carbocycles. The van der Waals surface area contributed by atoms with Crippen molar-refractivity contribution in [2.24, 2.45) is 0 Å². The molecule has 0 unspecified atom stereocenters. The van der Waals surface area contributed by atoms with E-state index in [2.05, 4.69) is 25.1 Å². The summed E-state index contributed by atoms with van der Waals surface area (Å²) in [6, 6.07) is 0. The molecule has 4 rings (SSSR count). The van der Waals surface area contributed by atoms with Gasteiger partial charge in [0.15, 0.2) is 0 Å². The van der Waals surface area contributed by atoms with Gasteiger partial charge in [-0.05, 0) is 31.2 Å². The highest BCUT2D eigenvalue weighted by atomic mass is 32.2. The lowest BCUT2D eigenvalue weighted by molar-refractivity contribution is 0.700. The maximum atomic E-state index is 12.5. The summed E-state index contributed by atoms with van der Waals surface area (Å²) in [6.45, 7) is 2.03. The van der Waals surface area contributed by atoms with Crippen LogP contribution < -0.4 is 5.56 Å². The lowest BCUT2D eigenvalue weighted by Gasteiger charge is -2.09. The summed E-state index contributed by atoms with van der Waals surface area (Å²) in [5, 5.41) is 8.54. The van der Waals surface area contributed by atoms with Crippen LogP contribution >= 0.6 is 23.1 Å². The van der Waals surface area contributed by atoms with Gasteiger partial charge < -0.3 is 4.98 Å². The first-order chi connectivity index (χ1) is 11.2. The number of nitrogens with zero attached hydrogens (tertiary/aromatic N) is 3. The fraction of sp³-hybridized carbons (Fsp3) is 0.467. The molecule has 0 aromatic carbocycles. The highest BCUT2D eigenvalue weighted by Gasteiger charge is 2.19. The standard InChI is InChI=1S/C15H17N5OS2/c1-2-10-18-15(20-19-10)22-7-11-16-13(21)12-8-5-3-4-6-9(8)23-14(12)17-11/h2-7H2,1H3,(H,16,17,21)(H,18,19,20). The van der Waals surface area contributed by atoms with Crippen molar-refractivity contribution in [3.63, 3.8) is 0 Å². The molecule has 8 heteroatoms. The highest BCUT2D eigenvalue weighted by Crippen LogP contribution is 2.33. The van der Waals surface area contributed by atoms with Crippen LogP contribution in [0, 0.1) is 0 Å². The Bertz CT molecular complexity index is 910. The van der Waals surface area contributed by atoms with E-state index in [1.807, 2.05) is 6.92 Å². The lowest BCUT2D eigenvalue weighted by Crippen LogP contribution is -2.12. The quantitative estimate of drug-likeness (QED) is 0.709. The summed E-state index contributed by atoms with van der Waals surface area (Å²) < 4.78 is 0. The molecule has 0 saturated carbocycles. The third-order valence-corrected chi connectivity index (χ3v) is 6.10. The first-order valence-corrected chi connectivity index (χ1v) is 9.62. The van der Waals surface area contributed by atoms with Gasteiger partial charge in [0.25, 0.3) is 5.56 Å². The maximum Gasteiger partial charge on any atom is 0.259 e. The Hall–Kier alpha value is -1.67. The molecule has 0 bridgehead atoms. The second kappa shape index (κ2) is 6.09. The van der Waals surface area contributed by atoms with Gasteiger partial charge in [-0.15, -0.1) is 16.4 Å². The molecule has 6 nitrogen and oxygen atoms in total. The van der Waals surface area contributed by atoms with Crippen molar-refractivity contribution in [3.05, 3.63) is 32.4 Å². The van der Waals surface area contributed by atoms with Gasteiger partial charge in [0.1, 0.15) is 16.5 Å². The number of rotatable bonds is 4. The maximum absolute atomic E-state index is 12.5. The first kappa shape index (κ1) is 14.9. The zero-order valence-corrected chi connectivity index (χ0v) is 14.4. The topological polar surface area (TPSA) is 87.3 Å². The number of thioether (sulfide) groups is 1. The number of hydrogen-bond donors (Lipinski definition) is 2. The molecule has 23 heavy (non-hydrogen) atoms. The van der Waals surface area contributed by atoms with Crippen LogP contribution in [0.1, 0.15) is 41.9 Å². The van der Waals surface area contributed by atoms with Crippen LogP contribution in [-0.2, 0) is 25.0 Å². The van der Waals surface area contributed by atoms with Crippen LogP contribution in [0.5, 0.6) is 0 Å². The summed E-state index contributed by atoms with van der Waals surface area (Å²) in [6.07, 6.45) is 5.29. The summed E-state index contributed by atoms with van der Waals surface area (Å²) >= 11 is 3.16. The fourth-order valence-electron chi connectivity index (χ4n) is 2.91. The molecule has 0 aliphatic heterocycles. The van der Waals surface area contributed by atoms with Gasteiger partial charge in [-0.25, -0.2) is 9.97 Å². The number of nitrogens with one attached hydrogen (secondary N) is 2. The van der Waals surface area contributed by atoms with Crippen molar-refractivity contribution in [2.75, 3.05) is 0 Å². The van der Waals surface area contributed by atoms with Crippen molar-refractivity contribution in [2.45, 2.75) is 49.9 Å². The smallest absolute Gasteiger partial charge is 0.259 e. The lowest BCUT2D eigenvalue weighted by atomic mass is 9.97. The van der Waals surface area contributed by atoms with Crippen LogP contribution in [0.2, 0.25) is 0 Å². The molecule has 0 amide bonds. The van der Waals surface area contributed by atoms with Crippen LogP contribution in [0.3, 0.4) is 0 Å². The van der Waals surface area contributed by atoms with E-state index in [0.717, 1.165) is 35.3 Å². The summed E-state index contributed by atoms with van der Waals surface area (Å²) in [7, 11) is 0. The molecule has 0 saturated heterocycles. The minimum Gasteiger partial charge on any atom is -0.309 e. The van der Waals surface area contributed by atoms with Gasteiger partial charge in [0.05, 0.1) is 11.1 Å². The molecule has 3 heterocycles. The summed E-state index contributed by atoms with van der Waals surface area (Å²) in [5.41, 5.74) is 1.22. The van der Waals surface area contributed by atoms with Gasteiger partial charge in [-0.2, -0.15) is 0 Å². The van der Waals surface area contributed by atoms with E-state index in [-0.39, 0.29) is 5.56 Å². The number of hydrogen-bond acceptors (Lipinski definition) is 6. The van der Waals surface area contributed by atoms with E-state index in [1.54, 1.807) is 11.3 Å². The van der Waals surface area contributed by atoms with E-state index in [9.17, 15) is 4.79 Å².